The Bertz CT molecular complexity index is 793. The Kier molecular flexibility index (Phi) is 7.43. The van der Waals surface area contributed by atoms with Gasteiger partial charge >= 0.3 is 5.97 Å². The molecule has 0 saturated carbocycles. The van der Waals surface area contributed by atoms with Crippen molar-refractivity contribution in [2.24, 2.45) is 0 Å². The largest absolute Gasteiger partial charge is 0.479 e. The van der Waals surface area contributed by atoms with Crippen molar-refractivity contribution >= 4 is 35.2 Å². The van der Waals surface area contributed by atoms with Crippen LogP contribution in [-0.2, 0) is 14.4 Å². The second-order valence-electron chi connectivity index (χ2n) is 6.06. The summed E-state index contributed by atoms with van der Waals surface area (Å²) in [6, 6.07) is 14.8. The molecule has 0 aliphatic carbocycles. The number of rotatable bonds is 8. The average molecular weight is 386 g/mol. The second-order valence-corrected chi connectivity index (χ2v) is 7.39. The van der Waals surface area contributed by atoms with E-state index in [9.17, 15) is 19.5 Å². The Labute approximate surface area is 162 Å². The van der Waals surface area contributed by atoms with E-state index < -0.39 is 23.2 Å². The van der Waals surface area contributed by atoms with E-state index in [1.165, 1.54) is 0 Å². The van der Waals surface area contributed by atoms with Gasteiger partial charge in [-0.05, 0) is 31.5 Å². The van der Waals surface area contributed by atoms with Gasteiger partial charge in [0.25, 0.3) is 0 Å². The number of hydrogen-bond donors (Lipinski definition) is 3. The van der Waals surface area contributed by atoms with E-state index in [4.69, 9.17) is 0 Å². The summed E-state index contributed by atoms with van der Waals surface area (Å²) in [6.45, 7) is 3.60. The van der Waals surface area contributed by atoms with Gasteiger partial charge in [0, 0.05) is 5.69 Å². The summed E-state index contributed by atoms with van der Waals surface area (Å²) in [5.41, 5.74) is 2.28. The third-order valence-corrected chi connectivity index (χ3v) is 4.98. The molecule has 2 aromatic carbocycles. The lowest BCUT2D eigenvalue weighted by Gasteiger charge is -2.18. The van der Waals surface area contributed by atoms with Crippen molar-refractivity contribution in [2.45, 2.75) is 25.1 Å². The van der Waals surface area contributed by atoms with E-state index in [1.807, 2.05) is 31.2 Å². The molecule has 0 radical (unpaired) electrons. The minimum absolute atomic E-state index is 0.0888. The summed E-state index contributed by atoms with van der Waals surface area (Å²) in [7, 11) is 0. The molecule has 2 aromatic rings. The highest BCUT2D eigenvalue weighted by Crippen LogP contribution is 2.17. The van der Waals surface area contributed by atoms with E-state index >= 15 is 0 Å². The quantitative estimate of drug-likeness (QED) is 0.648. The standard InChI is InChI=1S/C20H22N2O4S/c1-13-8-10-16(11-9-13)21-17(23)12-27-14(2)19(24)22-18(20(25)26)15-6-4-3-5-7-15/h3-11,14,18H,12H2,1-2H3,(H,21,23)(H,22,24)(H,25,26)/t14?,18-/m0/s1. The van der Waals surface area contributed by atoms with Crippen LogP contribution in [0.2, 0.25) is 0 Å². The van der Waals surface area contributed by atoms with Crippen LogP contribution >= 0.6 is 11.8 Å². The van der Waals surface area contributed by atoms with Crippen molar-refractivity contribution in [3.8, 4) is 0 Å². The first-order valence-electron chi connectivity index (χ1n) is 8.43. The fourth-order valence-corrected chi connectivity index (χ4v) is 3.00. The molecule has 3 N–H and O–H groups in total. The van der Waals surface area contributed by atoms with Crippen LogP contribution in [-0.4, -0.2) is 33.9 Å². The van der Waals surface area contributed by atoms with Crippen LogP contribution in [0.15, 0.2) is 54.6 Å². The molecule has 0 aliphatic heterocycles. The summed E-state index contributed by atoms with van der Waals surface area (Å²) in [4.78, 5) is 35.8. The first-order chi connectivity index (χ1) is 12.9. The SMILES string of the molecule is Cc1ccc(NC(=O)CSC(C)C(=O)N[C@H](C(=O)O)c2ccccc2)cc1. The number of nitrogens with one attached hydrogen (secondary N) is 2. The number of carboxylic acids is 1. The van der Waals surface area contributed by atoms with Gasteiger partial charge in [0.2, 0.25) is 11.8 Å². The normalized spacial score (nSPS) is 12.7. The topological polar surface area (TPSA) is 95.5 Å². The summed E-state index contributed by atoms with van der Waals surface area (Å²) in [5, 5.41) is 14.1. The van der Waals surface area contributed by atoms with Gasteiger partial charge in [-0.15, -0.1) is 11.8 Å². The molecule has 2 atom stereocenters. The van der Waals surface area contributed by atoms with E-state index in [-0.39, 0.29) is 11.7 Å². The zero-order valence-electron chi connectivity index (χ0n) is 15.1. The Morgan fingerprint density at radius 1 is 1.04 bits per heavy atom. The zero-order valence-corrected chi connectivity index (χ0v) is 16.0. The average Bonchev–Trinajstić information content (AvgIpc) is 2.66. The van der Waals surface area contributed by atoms with Crippen molar-refractivity contribution in [3.63, 3.8) is 0 Å². The molecule has 2 rings (SSSR count). The van der Waals surface area contributed by atoms with E-state index in [0.717, 1.165) is 17.3 Å². The number of thioether (sulfide) groups is 1. The van der Waals surface area contributed by atoms with Crippen LogP contribution in [0.3, 0.4) is 0 Å². The molecule has 0 spiro atoms. The van der Waals surface area contributed by atoms with E-state index in [2.05, 4.69) is 10.6 Å². The highest BCUT2D eigenvalue weighted by molar-refractivity contribution is 8.01. The Hall–Kier alpha value is -2.80. The number of amides is 2. The first-order valence-corrected chi connectivity index (χ1v) is 9.48. The minimum Gasteiger partial charge on any atom is -0.479 e. The van der Waals surface area contributed by atoms with Crippen molar-refractivity contribution in [1.82, 2.24) is 5.32 Å². The molecule has 0 aliphatic rings. The molecular weight excluding hydrogens is 364 g/mol. The number of hydrogen-bond acceptors (Lipinski definition) is 4. The maximum atomic E-state index is 12.3. The van der Waals surface area contributed by atoms with Crippen LogP contribution in [0, 0.1) is 6.92 Å². The Morgan fingerprint density at radius 2 is 1.67 bits per heavy atom. The molecule has 0 aromatic heterocycles. The lowest BCUT2D eigenvalue weighted by atomic mass is 10.1. The maximum Gasteiger partial charge on any atom is 0.330 e. The van der Waals surface area contributed by atoms with Gasteiger partial charge < -0.3 is 15.7 Å². The molecule has 1 unspecified atom stereocenters. The summed E-state index contributed by atoms with van der Waals surface area (Å²) in [5.74, 6) is -1.70. The molecule has 27 heavy (non-hydrogen) atoms. The van der Waals surface area contributed by atoms with Crippen LogP contribution < -0.4 is 10.6 Å². The van der Waals surface area contributed by atoms with E-state index in [0.29, 0.717) is 11.3 Å². The van der Waals surface area contributed by atoms with Crippen molar-refractivity contribution < 1.29 is 19.5 Å². The predicted octanol–water partition coefficient (Wildman–Crippen LogP) is 3.00. The van der Waals surface area contributed by atoms with Crippen LogP contribution in [0.1, 0.15) is 24.1 Å². The Balaban J connectivity index is 1.86. The van der Waals surface area contributed by atoms with Crippen LogP contribution in [0.4, 0.5) is 5.69 Å². The van der Waals surface area contributed by atoms with Crippen molar-refractivity contribution in [1.29, 1.82) is 0 Å². The van der Waals surface area contributed by atoms with Gasteiger partial charge in [0.1, 0.15) is 0 Å². The predicted molar refractivity (Wildman–Crippen MR) is 107 cm³/mol. The highest BCUT2D eigenvalue weighted by Gasteiger charge is 2.25. The van der Waals surface area contributed by atoms with Gasteiger partial charge in [-0.2, -0.15) is 0 Å². The van der Waals surface area contributed by atoms with Crippen LogP contribution in [0.5, 0.6) is 0 Å². The van der Waals surface area contributed by atoms with Crippen LogP contribution in [0.25, 0.3) is 0 Å². The molecular formula is C20H22N2O4S. The molecule has 6 nitrogen and oxygen atoms in total. The number of benzene rings is 2. The summed E-state index contributed by atoms with van der Waals surface area (Å²) < 4.78 is 0. The fraction of sp³-hybridized carbons (Fsp3) is 0.250. The molecule has 0 heterocycles. The molecule has 7 heteroatoms. The zero-order chi connectivity index (χ0) is 19.8. The number of carbonyl (C=O) groups is 3. The summed E-state index contributed by atoms with van der Waals surface area (Å²) in [6.07, 6.45) is 0. The highest BCUT2D eigenvalue weighted by atomic mass is 32.2. The first kappa shape index (κ1) is 20.5. The fourth-order valence-electron chi connectivity index (χ4n) is 2.30. The van der Waals surface area contributed by atoms with E-state index in [1.54, 1.807) is 37.3 Å². The third kappa shape index (κ3) is 6.45. The maximum absolute atomic E-state index is 12.3. The molecule has 0 saturated heterocycles. The number of anilines is 1. The monoisotopic (exact) mass is 386 g/mol. The minimum atomic E-state index is -1.14. The molecule has 0 fully saturated rings. The second kappa shape index (κ2) is 9.78. The van der Waals surface area contributed by atoms with Gasteiger partial charge in [-0.25, -0.2) is 4.79 Å². The van der Waals surface area contributed by atoms with Crippen molar-refractivity contribution in [2.75, 3.05) is 11.1 Å². The molecule has 2 amide bonds. The lowest BCUT2D eigenvalue weighted by Crippen LogP contribution is -2.38. The number of aliphatic carboxylic acids is 1. The van der Waals surface area contributed by atoms with Crippen molar-refractivity contribution in [3.05, 3.63) is 65.7 Å². The number of aryl methyl sites for hydroxylation is 1. The van der Waals surface area contributed by atoms with Gasteiger partial charge in [0.15, 0.2) is 6.04 Å². The number of carbonyl (C=O) groups excluding carboxylic acids is 2. The van der Waals surface area contributed by atoms with Gasteiger partial charge in [-0.1, -0.05) is 48.0 Å². The summed E-state index contributed by atoms with van der Waals surface area (Å²) >= 11 is 1.15. The Morgan fingerprint density at radius 3 is 2.26 bits per heavy atom. The van der Waals surface area contributed by atoms with Gasteiger partial charge in [-0.3, -0.25) is 9.59 Å². The third-order valence-electron chi connectivity index (χ3n) is 3.84. The number of carboxylic acid groups (broad SMARTS) is 1. The lowest BCUT2D eigenvalue weighted by molar-refractivity contribution is -0.141. The van der Waals surface area contributed by atoms with Gasteiger partial charge in [0.05, 0.1) is 11.0 Å². The molecule has 142 valence electrons. The smallest absolute Gasteiger partial charge is 0.330 e. The molecule has 0 bridgehead atoms.